The lowest BCUT2D eigenvalue weighted by Crippen LogP contribution is -2.29. The third-order valence-corrected chi connectivity index (χ3v) is 6.57. The molecular formula is C21H26N2O5S. The fourth-order valence-electron chi connectivity index (χ4n) is 3.85. The minimum atomic E-state index is -3.73. The Morgan fingerprint density at radius 1 is 1.07 bits per heavy atom. The lowest BCUT2D eigenvalue weighted by molar-refractivity contribution is 0.0942. The predicted molar refractivity (Wildman–Crippen MR) is 110 cm³/mol. The summed E-state index contributed by atoms with van der Waals surface area (Å²) in [5.74, 6) is 0.927. The highest BCUT2D eigenvalue weighted by molar-refractivity contribution is 7.89. The number of methoxy groups -OCH3 is 2. The van der Waals surface area contributed by atoms with Gasteiger partial charge in [-0.3, -0.25) is 4.79 Å². The average molecular weight is 419 g/mol. The Kier molecular flexibility index (Phi) is 5.36. The van der Waals surface area contributed by atoms with E-state index in [0.717, 1.165) is 11.1 Å². The average Bonchev–Trinajstić information content (AvgIpc) is 3.20. The molecule has 3 rings (SSSR count). The van der Waals surface area contributed by atoms with Crippen LogP contribution in [0.4, 0.5) is 0 Å². The number of carbonyl (C=O) groups is 1. The fourth-order valence-corrected chi connectivity index (χ4v) is 4.36. The standard InChI is InChI=1S/C21H26N2O5S/c1-12-10-15(17(28-5)11-16(12)27-4)20(24)23-19-18(21(19,2)3)13-6-8-14(9-7-13)29(22,25)26/h6-11,18-19H,1-5H3,(H,23,24)(H2,22,25,26)/t18-,19-/m1/s1. The van der Waals surface area contributed by atoms with Crippen LogP contribution < -0.4 is 19.9 Å². The summed E-state index contributed by atoms with van der Waals surface area (Å²) >= 11 is 0. The summed E-state index contributed by atoms with van der Waals surface area (Å²) in [6, 6.07) is 9.83. The van der Waals surface area contributed by atoms with Gasteiger partial charge in [0.1, 0.15) is 11.5 Å². The number of carbonyl (C=O) groups excluding carboxylic acids is 1. The van der Waals surface area contributed by atoms with Crippen molar-refractivity contribution in [3.8, 4) is 11.5 Å². The molecule has 1 saturated carbocycles. The zero-order valence-electron chi connectivity index (χ0n) is 17.1. The van der Waals surface area contributed by atoms with Crippen molar-refractivity contribution in [2.45, 2.75) is 37.6 Å². The second-order valence-electron chi connectivity index (χ2n) is 7.89. The van der Waals surface area contributed by atoms with Crippen molar-refractivity contribution in [2.75, 3.05) is 14.2 Å². The van der Waals surface area contributed by atoms with Gasteiger partial charge >= 0.3 is 0 Å². The number of sulfonamides is 1. The molecule has 1 aliphatic carbocycles. The third-order valence-electron chi connectivity index (χ3n) is 5.64. The smallest absolute Gasteiger partial charge is 0.255 e. The van der Waals surface area contributed by atoms with E-state index in [1.165, 1.54) is 19.2 Å². The minimum absolute atomic E-state index is 0.0614. The summed E-state index contributed by atoms with van der Waals surface area (Å²) in [4.78, 5) is 13.0. The van der Waals surface area contributed by atoms with Crippen molar-refractivity contribution in [2.24, 2.45) is 10.6 Å². The third kappa shape index (κ3) is 3.95. The Balaban J connectivity index is 1.82. The topological polar surface area (TPSA) is 108 Å². The van der Waals surface area contributed by atoms with Gasteiger partial charge in [-0.15, -0.1) is 0 Å². The first-order chi connectivity index (χ1) is 13.5. The molecule has 7 nitrogen and oxygen atoms in total. The molecule has 8 heteroatoms. The molecule has 156 valence electrons. The number of amides is 1. The van der Waals surface area contributed by atoms with Crippen molar-refractivity contribution < 1.29 is 22.7 Å². The predicted octanol–water partition coefficient (Wildman–Crippen LogP) is 2.58. The van der Waals surface area contributed by atoms with Gasteiger partial charge < -0.3 is 14.8 Å². The second-order valence-corrected chi connectivity index (χ2v) is 9.45. The van der Waals surface area contributed by atoms with Gasteiger partial charge in [-0.25, -0.2) is 13.6 Å². The van der Waals surface area contributed by atoms with E-state index in [2.05, 4.69) is 19.2 Å². The number of hydrogen-bond donors (Lipinski definition) is 2. The largest absolute Gasteiger partial charge is 0.496 e. The van der Waals surface area contributed by atoms with E-state index in [-0.39, 0.29) is 28.2 Å². The summed E-state index contributed by atoms with van der Waals surface area (Å²) in [5, 5.41) is 8.25. The van der Waals surface area contributed by atoms with Gasteiger partial charge in [0.2, 0.25) is 10.0 Å². The highest BCUT2D eigenvalue weighted by Crippen LogP contribution is 2.58. The fraction of sp³-hybridized carbons (Fsp3) is 0.381. The van der Waals surface area contributed by atoms with E-state index in [0.29, 0.717) is 17.1 Å². The molecule has 0 saturated heterocycles. The lowest BCUT2D eigenvalue weighted by Gasteiger charge is -2.13. The van der Waals surface area contributed by atoms with E-state index in [1.807, 2.05) is 6.92 Å². The van der Waals surface area contributed by atoms with Crippen LogP contribution in [-0.4, -0.2) is 34.6 Å². The van der Waals surface area contributed by atoms with Crippen LogP contribution in [0.1, 0.15) is 41.3 Å². The number of ether oxygens (including phenoxy) is 2. The summed E-state index contributed by atoms with van der Waals surface area (Å²) in [6.07, 6.45) is 0. The van der Waals surface area contributed by atoms with Crippen LogP contribution >= 0.6 is 0 Å². The molecule has 1 amide bonds. The first-order valence-electron chi connectivity index (χ1n) is 9.17. The first kappa shape index (κ1) is 21.1. The van der Waals surface area contributed by atoms with Crippen LogP contribution in [0.5, 0.6) is 11.5 Å². The summed E-state index contributed by atoms with van der Waals surface area (Å²) < 4.78 is 33.6. The number of hydrogen-bond acceptors (Lipinski definition) is 5. The van der Waals surface area contributed by atoms with Crippen LogP contribution in [0.2, 0.25) is 0 Å². The van der Waals surface area contributed by atoms with E-state index in [4.69, 9.17) is 14.6 Å². The molecule has 2 aromatic carbocycles. The maximum atomic E-state index is 12.9. The van der Waals surface area contributed by atoms with Gasteiger partial charge in [-0.05, 0) is 41.7 Å². The van der Waals surface area contributed by atoms with E-state index in [1.54, 1.807) is 31.4 Å². The van der Waals surface area contributed by atoms with Crippen LogP contribution in [0.15, 0.2) is 41.3 Å². The van der Waals surface area contributed by atoms with Gasteiger partial charge in [0.25, 0.3) is 5.91 Å². The van der Waals surface area contributed by atoms with Crippen LogP contribution in [0.3, 0.4) is 0 Å². The van der Waals surface area contributed by atoms with Crippen LogP contribution in [0, 0.1) is 12.3 Å². The second kappa shape index (κ2) is 7.35. The summed E-state index contributed by atoms with van der Waals surface area (Å²) in [6.45, 7) is 5.99. The Labute approximate surface area is 171 Å². The highest BCUT2D eigenvalue weighted by Gasteiger charge is 2.59. The monoisotopic (exact) mass is 418 g/mol. The van der Waals surface area contributed by atoms with E-state index in [9.17, 15) is 13.2 Å². The SMILES string of the molecule is COc1cc(OC)c(C(=O)N[C@@H]2[C@@H](c3ccc(S(N)(=O)=O)cc3)C2(C)C)cc1C. The van der Waals surface area contributed by atoms with Gasteiger partial charge in [0.15, 0.2) is 0 Å². The zero-order chi connectivity index (χ0) is 21.6. The molecule has 2 aromatic rings. The van der Waals surface area contributed by atoms with Crippen molar-refractivity contribution in [1.29, 1.82) is 0 Å². The molecule has 1 aliphatic rings. The van der Waals surface area contributed by atoms with Crippen LogP contribution in [0.25, 0.3) is 0 Å². The number of benzene rings is 2. The van der Waals surface area contributed by atoms with E-state index >= 15 is 0 Å². The van der Waals surface area contributed by atoms with E-state index < -0.39 is 10.0 Å². The molecule has 2 atom stereocenters. The van der Waals surface area contributed by atoms with Gasteiger partial charge in [-0.1, -0.05) is 26.0 Å². The lowest BCUT2D eigenvalue weighted by atomic mass is 10.0. The number of primary sulfonamides is 1. The molecule has 1 fully saturated rings. The maximum Gasteiger partial charge on any atom is 0.255 e. The zero-order valence-corrected chi connectivity index (χ0v) is 18.0. The molecule has 3 N–H and O–H groups in total. The molecular weight excluding hydrogens is 392 g/mol. The summed E-state index contributed by atoms with van der Waals surface area (Å²) in [5.41, 5.74) is 2.05. The van der Waals surface area contributed by atoms with Crippen molar-refractivity contribution in [3.05, 3.63) is 53.1 Å². The molecule has 0 bridgehead atoms. The molecule has 0 aromatic heterocycles. The normalized spacial score (nSPS) is 20.1. The van der Waals surface area contributed by atoms with Crippen molar-refractivity contribution >= 4 is 15.9 Å². The van der Waals surface area contributed by atoms with Gasteiger partial charge in [0, 0.05) is 18.0 Å². The van der Waals surface area contributed by atoms with Crippen molar-refractivity contribution in [3.63, 3.8) is 0 Å². The Morgan fingerprint density at radius 2 is 1.66 bits per heavy atom. The van der Waals surface area contributed by atoms with Crippen molar-refractivity contribution in [1.82, 2.24) is 5.32 Å². The molecule has 0 radical (unpaired) electrons. The van der Waals surface area contributed by atoms with Crippen LogP contribution in [-0.2, 0) is 10.0 Å². The van der Waals surface area contributed by atoms with Gasteiger partial charge in [0.05, 0.1) is 24.7 Å². The number of aryl methyl sites for hydroxylation is 1. The highest BCUT2D eigenvalue weighted by atomic mass is 32.2. The Bertz CT molecular complexity index is 1050. The quantitative estimate of drug-likeness (QED) is 0.750. The molecule has 0 unspecified atom stereocenters. The van der Waals surface area contributed by atoms with Gasteiger partial charge in [-0.2, -0.15) is 0 Å². The summed E-state index contributed by atoms with van der Waals surface area (Å²) in [7, 11) is -0.652. The minimum Gasteiger partial charge on any atom is -0.496 e. The molecule has 0 heterocycles. The Hall–Kier alpha value is -2.58. The molecule has 0 spiro atoms. The molecule has 29 heavy (non-hydrogen) atoms. The Morgan fingerprint density at radius 3 is 2.17 bits per heavy atom. The first-order valence-corrected chi connectivity index (χ1v) is 10.7. The number of rotatable bonds is 6. The number of nitrogens with two attached hydrogens (primary N) is 1. The molecule has 0 aliphatic heterocycles. The maximum absolute atomic E-state index is 12.9. The number of nitrogens with one attached hydrogen (secondary N) is 1.